The third-order valence-electron chi connectivity index (χ3n) is 1.93. The van der Waals surface area contributed by atoms with Gasteiger partial charge in [-0.3, -0.25) is 9.98 Å². The number of aliphatic imine (C=N–C) groups is 1. The quantitative estimate of drug-likeness (QED) is 0.682. The van der Waals surface area contributed by atoms with E-state index in [-0.39, 0.29) is 0 Å². The molecule has 13 heavy (non-hydrogen) atoms. The number of nitrogens with zero attached hydrogens (tertiary/aromatic N) is 2. The molecular weight excluding hydrogens is 180 g/mol. The molecule has 0 amide bonds. The maximum absolute atomic E-state index is 4.52. The molecule has 68 valence electrons. The molecule has 0 bridgehead atoms. The van der Waals surface area contributed by atoms with Gasteiger partial charge in [-0.15, -0.1) is 11.8 Å². The second-order valence-corrected chi connectivity index (χ2v) is 4.32. The zero-order valence-electron chi connectivity index (χ0n) is 7.82. The Morgan fingerprint density at radius 1 is 1.54 bits per heavy atom. The summed E-state index contributed by atoms with van der Waals surface area (Å²) in [4.78, 5) is 8.82. The van der Waals surface area contributed by atoms with Gasteiger partial charge in [-0.2, -0.15) is 0 Å². The molecular formula is C10H12N2S. The molecule has 1 aromatic rings. The van der Waals surface area contributed by atoms with Gasteiger partial charge in [0, 0.05) is 11.9 Å². The summed E-state index contributed by atoms with van der Waals surface area (Å²) in [7, 11) is 0. The average Bonchev–Trinajstić information content (AvgIpc) is 2.52. The van der Waals surface area contributed by atoms with Gasteiger partial charge in [0.05, 0.1) is 11.7 Å². The molecule has 0 aliphatic carbocycles. The lowest BCUT2D eigenvalue weighted by atomic mass is 10.2. The molecule has 0 aromatic carbocycles. The Morgan fingerprint density at radius 3 is 3.00 bits per heavy atom. The Morgan fingerprint density at radius 2 is 2.38 bits per heavy atom. The highest BCUT2D eigenvalue weighted by Crippen LogP contribution is 2.22. The molecule has 1 aliphatic heterocycles. The molecule has 3 heteroatoms. The van der Waals surface area contributed by atoms with Crippen LogP contribution in [0.1, 0.15) is 18.2 Å². The second-order valence-electron chi connectivity index (χ2n) is 3.31. The maximum Gasteiger partial charge on any atom is 0.117 e. The number of thioether (sulfide) groups is 1. The monoisotopic (exact) mass is 192 g/mol. The summed E-state index contributed by atoms with van der Waals surface area (Å²) in [6, 6.07) is 4.54. The fraction of sp³-hybridized carbons (Fsp3) is 0.400. The minimum absolute atomic E-state index is 0.447. The maximum atomic E-state index is 4.52. The SMILES string of the molecule is Cc1ccnc(C2=N[C@H](C)CS2)c1. The largest absolute Gasteiger partial charge is 0.272 e. The summed E-state index contributed by atoms with van der Waals surface area (Å²) < 4.78 is 0. The van der Waals surface area contributed by atoms with E-state index in [1.54, 1.807) is 11.8 Å². The summed E-state index contributed by atoms with van der Waals surface area (Å²) in [5, 5.41) is 1.09. The van der Waals surface area contributed by atoms with Gasteiger partial charge in [-0.05, 0) is 31.5 Å². The van der Waals surface area contributed by atoms with E-state index < -0.39 is 0 Å². The van der Waals surface area contributed by atoms with Crippen molar-refractivity contribution in [1.82, 2.24) is 4.98 Å². The van der Waals surface area contributed by atoms with Crippen LogP contribution in [0.5, 0.6) is 0 Å². The molecule has 0 radical (unpaired) electrons. The summed E-state index contributed by atoms with van der Waals surface area (Å²) >= 11 is 1.80. The number of hydrogen-bond donors (Lipinski definition) is 0. The lowest BCUT2D eigenvalue weighted by Crippen LogP contribution is -1.96. The minimum Gasteiger partial charge on any atom is -0.272 e. The number of aryl methyl sites for hydroxylation is 1. The average molecular weight is 192 g/mol. The Kier molecular flexibility index (Phi) is 2.36. The van der Waals surface area contributed by atoms with Crippen molar-refractivity contribution in [3.63, 3.8) is 0 Å². The van der Waals surface area contributed by atoms with Gasteiger partial charge in [0.25, 0.3) is 0 Å². The molecule has 2 heterocycles. The number of rotatable bonds is 1. The van der Waals surface area contributed by atoms with Gasteiger partial charge >= 0.3 is 0 Å². The summed E-state index contributed by atoms with van der Waals surface area (Å²) in [5.74, 6) is 1.09. The first kappa shape index (κ1) is 8.75. The van der Waals surface area contributed by atoms with Crippen LogP contribution in [-0.2, 0) is 0 Å². The van der Waals surface area contributed by atoms with Crippen molar-refractivity contribution in [2.45, 2.75) is 19.9 Å². The number of aromatic nitrogens is 1. The van der Waals surface area contributed by atoms with Gasteiger partial charge in [0.2, 0.25) is 0 Å². The van der Waals surface area contributed by atoms with Crippen molar-refractivity contribution in [2.24, 2.45) is 4.99 Å². The lowest BCUT2D eigenvalue weighted by molar-refractivity contribution is 0.865. The van der Waals surface area contributed by atoms with E-state index >= 15 is 0 Å². The highest BCUT2D eigenvalue weighted by atomic mass is 32.2. The van der Waals surface area contributed by atoms with Crippen LogP contribution in [0.3, 0.4) is 0 Å². The summed E-state index contributed by atoms with van der Waals surface area (Å²) in [5.41, 5.74) is 2.27. The molecule has 2 nitrogen and oxygen atoms in total. The zero-order valence-corrected chi connectivity index (χ0v) is 8.64. The van der Waals surface area contributed by atoms with E-state index in [0.717, 1.165) is 16.5 Å². The molecule has 1 aliphatic rings. The summed E-state index contributed by atoms with van der Waals surface area (Å²) in [6.45, 7) is 4.21. The van der Waals surface area contributed by atoms with E-state index in [1.165, 1.54) is 5.56 Å². The Balaban J connectivity index is 2.31. The van der Waals surface area contributed by atoms with Gasteiger partial charge < -0.3 is 0 Å². The molecule has 0 fully saturated rings. The highest BCUT2D eigenvalue weighted by molar-refractivity contribution is 8.14. The number of hydrogen-bond acceptors (Lipinski definition) is 3. The van der Waals surface area contributed by atoms with E-state index in [0.29, 0.717) is 6.04 Å². The second kappa shape index (κ2) is 3.50. The van der Waals surface area contributed by atoms with E-state index in [4.69, 9.17) is 0 Å². The van der Waals surface area contributed by atoms with Crippen LogP contribution in [0.25, 0.3) is 0 Å². The van der Waals surface area contributed by atoms with Crippen LogP contribution in [0.4, 0.5) is 0 Å². The normalized spacial score (nSPS) is 21.7. The topological polar surface area (TPSA) is 25.2 Å². The van der Waals surface area contributed by atoms with Crippen molar-refractivity contribution < 1.29 is 0 Å². The van der Waals surface area contributed by atoms with Gasteiger partial charge in [0.1, 0.15) is 5.04 Å². The Hall–Kier alpha value is -0.830. The van der Waals surface area contributed by atoms with E-state index in [9.17, 15) is 0 Å². The first-order valence-corrected chi connectivity index (χ1v) is 5.38. The smallest absolute Gasteiger partial charge is 0.117 e. The zero-order chi connectivity index (χ0) is 9.26. The van der Waals surface area contributed by atoms with Crippen LogP contribution < -0.4 is 0 Å². The third-order valence-corrected chi connectivity index (χ3v) is 3.17. The van der Waals surface area contributed by atoms with Crippen molar-refractivity contribution in [1.29, 1.82) is 0 Å². The Labute approximate surface area is 82.5 Å². The minimum atomic E-state index is 0.447. The van der Waals surface area contributed by atoms with Crippen molar-refractivity contribution in [3.8, 4) is 0 Å². The fourth-order valence-corrected chi connectivity index (χ4v) is 2.26. The molecule has 0 saturated carbocycles. The molecule has 0 spiro atoms. The first-order chi connectivity index (χ1) is 6.25. The molecule has 0 saturated heterocycles. The molecule has 2 rings (SSSR count). The summed E-state index contributed by atoms with van der Waals surface area (Å²) in [6.07, 6.45) is 1.84. The fourth-order valence-electron chi connectivity index (χ4n) is 1.27. The molecule has 0 unspecified atom stereocenters. The van der Waals surface area contributed by atoms with Crippen molar-refractivity contribution in [3.05, 3.63) is 29.6 Å². The molecule has 1 atom stereocenters. The Bertz CT molecular complexity index is 347. The molecule has 1 aromatic heterocycles. The van der Waals surface area contributed by atoms with Crippen LogP contribution in [0.15, 0.2) is 23.3 Å². The van der Waals surface area contributed by atoms with Gasteiger partial charge in [-0.1, -0.05) is 0 Å². The lowest BCUT2D eigenvalue weighted by Gasteiger charge is -1.98. The predicted molar refractivity (Wildman–Crippen MR) is 57.4 cm³/mol. The number of pyridine rings is 1. The van der Waals surface area contributed by atoms with Crippen LogP contribution in [0, 0.1) is 6.92 Å². The first-order valence-electron chi connectivity index (χ1n) is 4.39. The van der Waals surface area contributed by atoms with Crippen LogP contribution in [0.2, 0.25) is 0 Å². The standard InChI is InChI=1S/C10H12N2S/c1-7-3-4-11-9(5-7)10-12-8(2)6-13-10/h3-5,8H,6H2,1-2H3/t8-/m1/s1. The molecule has 0 N–H and O–H groups in total. The van der Waals surface area contributed by atoms with E-state index in [1.807, 2.05) is 12.3 Å². The van der Waals surface area contributed by atoms with Gasteiger partial charge in [-0.25, -0.2) is 0 Å². The predicted octanol–water partition coefficient (Wildman–Crippen LogP) is 2.27. The van der Waals surface area contributed by atoms with Crippen molar-refractivity contribution in [2.75, 3.05) is 5.75 Å². The van der Waals surface area contributed by atoms with Gasteiger partial charge in [0.15, 0.2) is 0 Å². The van der Waals surface area contributed by atoms with Crippen LogP contribution >= 0.6 is 11.8 Å². The van der Waals surface area contributed by atoms with Crippen molar-refractivity contribution >= 4 is 16.8 Å². The van der Waals surface area contributed by atoms with Crippen LogP contribution in [-0.4, -0.2) is 21.8 Å². The third kappa shape index (κ3) is 1.91. The highest BCUT2D eigenvalue weighted by Gasteiger charge is 2.16. The van der Waals surface area contributed by atoms with E-state index in [2.05, 4.69) is 29.9 Å².